The molecule has 0 saturated carbocycles. The second-order valence-corrected chi connectivity index (χ2v) is 8.37. The van der Waals surface area contributed by atoms with Crippen molar-refractivity contribution in [1.29, 1.82) is 0 Å². The van der Waals surface area contributed by atoms with Crippen molar-refractivity contribution in [1.82, 2.24) is 0 Å². The van der Waals surface area contributed by atoms with Gasteiger partial charge in [0, 0.05) is 17.4 Å². The first-order valence-electron chi connectivity index (χ1n) is 10.8. The summed E-state index contributed by atoms with van der Waals surface area (Å²) in [6, 6.07) is 24.2. The molecule has 0 aliphatic rings. The van der Waals surface area contributed by atoms with E-state index in [9.17, 15) is 9.59 Å². The van der Waals surface area contributed by atoms with E-state index >= 15 is 0 Å². The first-order chi connectivity index (χ1) is 15.7. The van der Waals surface area contributed by atoms with Crippen LogP contribution in [0.1, 0.15) is 35.7 Å². The smallest absolute Gasteiger partial charge is 0.341 e. The number of rotatable bonds is 8. The Hall–Kier alpha value is -3.44. The minimum absolute atomic E-state index is 0.0993. The number of anilines is 1. The molecule has 32 heavy (non-hydrogen) atoms. The van der Waals surface area contributed by atoms with Gasteiger partial charge in [-0.25, -0.2) is 4.79 Å². The van der Waals surface area contributed by atoms with Gasteiger partial charge in [-0.3, -0.25) is 4.79 Å². The first kappa shape index (κ1) is 21.8. The standard InChI is InChI=1S/C27H25NO3S/c1-2-31-27(30)25-23(22-16-9-14-20-13-6-7-15-21(20)22)18-32-26(25)28-24(29)17-8-12-19-10-4-3-5-11-19/h3-7,9-11,13-16,18H,2,8,12,17H2,1H3,(H,28,29). The molecule has 5 heteroatoms. The summed E-state index contributed by atoms with van der Waals surface area (Å²) < 4.78 is 5.34. The fourth-order valence-electron chi connectivity index (χ4n) is 3.80. The van der Waals surface area contributed by atoms with Gasteiger partial charge in [-0.15, -0.1) is 11.3 Å². The van der Waals surface area contributed by atoms with Gasteiger partial charge >= 0.3 is 5.97 Å². The number of hydrogen-bond acceptors (Lipinski definition) is 4. The molecule has 4 rings (SSSR count). The van der Waals surface area contributed by atoms with Gasteiger partial charge in [0.15, 0.2) is 0 Å². The predicted molar refractivity (Wildman–Crippen MR) is 131 cm³/mol. The van der Waals surface area contributed by atoms with Crippen LogP contribution in [0.15, 0.2) is 78.2 Å². The van der Waals surface area contributed by atoms with Crippen LogP contribution in [0.25, 0.3) is 21.9 Å². The quantitative estimate of drug-likeness (QED) is 0.308. The molecule has 162 valence electrons. The minimum atomic E-state index is -0.420. The van der Waals surface area contributed by atoms with Gasteiger partial charge in [0.2, 0.25) is 5.91 Å². The molecule has 3 aromatic carbocycles. The highest BCUT2D eigenvalue weighted by Gasteiger charge is 2.23. The number of nitrogens with one attached hydrogen (secondary N) is 1. The molecule has 0 fully saturated rings. The van der Waals surface area contributed by atoms with Gasteiger partial charge in [0.25, 0.3) is 0 Å². The van der Waals surface area contributed by atoms with Crippen LogP contribution in [0.4, 0.5) is 5.00 Å². The Morgan fingerprint density at radius 3 is 2.47 bits per heavy atom. The van der Waals surface area contributed by atoms with Gasteiger partial charge in [0.1, 0.15) is 10.6 Å². The molecule has 0 unspecified atom stereocenters. The molecule has 0 bridgehead atoms. The Kier molecular flexibility index (Phi) is 6.97. The Bertz CT molecular complexity index is 1220. The fourth-order valence-corrected chi connectivity index (χ4v) is 4.77. The van der Waals surface area contributed by atoms with Crippen molar-refractivity contribution in [3.63, 3.8) is 0 Å². The van der Waals surface area contributed by atoms with Crippen molar-refractivity contribution in [2.24, 2.45) is 0 Å². The lowest BCUT2D eigenvalue weighted by atomic mass is 9.97. The number of thiophene rings is 1. The topological polar surface area (TPSA) is 55.4 Å². The van der Waals surface area contributed by atoms with Crippen LogP contribution in [-0.4, -0.2) is 18.5 Å². The molecule has 4 aromatic rings. The third-order valence-corrected chi connectivity index (χ3v) is 6.21. The van der Waals surface area contributed by atoms with E-state index < -0.39 is 5.97 Å². The molecule has 1 amide bonds. The number of benzene rings is 3. The van der Waals surface area contributed by atoms with Crippen LogP contribution in [-0.2, 0) is 16.0 Å². The van der Waals surface area contributed by atoms with Crippen molar-refractivity contribution >= 4 is 39.0 Å². The maximum Gasteiger partial charge on any atom is 0.341 e. The molecular weight excluding hydrogens is 418 g/mol. The number of fused-ring (bicyclic) bond motifs is 1. The number of hydrogen-bond donors (Lipinski definition) is 1. The average Bonchev–Trinajstić information content (AvgIpc) is 3.23. The minimum Gasteiger partial charge on any atom is -0.462 e. The van der Waals surface area contributed by atoms with E-state index in [0.717, 1.165) is 34.7 Å². The van der Waals surface area contributed by atoms with Gasteiger partial charge in [-0.1, -0.05) is 72.8 Å². The fraction of sp³-hybridized carbons (Fsp3) is 0.185. The van der Waals surface area contributed by atoms with E-state index in [1.54, 1.807) is 6.92 Å². The molecule has 0 saturated heterocycles. The number of aryl methyl sites for hydroxylation is 1. The molecule has 4 nitrogen and oxygen atoms in total. The number of amides is 1. The zero-order valence-corrected chi connectivity index (χ0v) is 18.8. The van der Waals surface area contributed by atoms with E-state index in [4.69, 9.17) is 4.74 Å². The first-order valence-corrected chi connectivity index (χ1v) is 11.7. The molecule has 0 aliphatic heterocycles. The zero-order valence-electron chi connectivity index (χ0n) is 18.0. The summed E-state index contributed by atoms with van der Waals surface area (Å²) in [5.41, 5.74) is 3.36. The van der Waals surface area contributed by atoms with Crippen LogP contribution in [0.2, 0.25) is 0 Å². The summed E-state index contributed by atoms with van der Waals surface area (Å²) in [6.45, 7) is 2.05. The van der Waals surface area contributed by atoms with Crippen LogP contribution in [0, 0.1) is 0 Å². The lowest BCUT2D eigenvalue weighted by molar-refractivity contribution is -0.116. The van der Waals surface area contributed by atoms with Gasteiger partial charge in [-0.05, 0) is 41.7 Å². The van der Waals surface area contributed by atoms with Crippen molar-refractivity contribution in [3.05, 3.63) is 89.3 Å². The van der Waals surface area contributed by atoms with Crippen molar-refractivity contribution < 1.29 is 14.3 Å². The summed E-state index contributed by atoms with van der Waals surface area (Å²) in [4.78, 5) is 25.5. The van der Waals surface area contributed by atoms with Crippen LogP contribution >= 0.6 is 11.3 Å². The average molecular weight is 444 g/mol. The summed E-state index contributed by atoms with van der Waals surface area (Å²) >= 11 is 1.36. The Balaban J connectivity index is 1.58. The van der Waals surface area contributed by atoms with Crippen LogP contribution in [0.5, 0.6) is 0 Å². The van der Waals surface area contributed by atoms with Crippen molar-refractivity contribution in [3.8, 4) is 11.1 Å². The van der Waals surface area contributed by atoms with Gasteiger partial charge in [0.05, 0.1) is 6.61 Å². The molecule has 0 aliphatic carbocycles. The zero-order chi connectivity index (χ0) is 22.3. The van der Waals surface area contributed by atoms with E-state index in [1.165, 1.54) is 16.9 Å². The molecule has 1 aromatic heterocycles. The lowest BCUT2D eigenvalue weighted by Crippen LogP contribution is -2.14. The third kappa shape index (κ3) is 4.89. The predicted octanol–water partition coefficient (Wildman–Crippen LogP) is 6.71. The molecule has 0 spiro atoms. The number of esters is 1. The van der Waals surface area contributed by atoms with Crippen LogP contribution in [0.3, 0.4) is 0 Å². The maximum absolute atomic E-state index is 12.9. The Morgan fingerprint density at radius 2 is 1.66 bits per heavy atom. The SMILES string of the molecule is CCOC(=O)c1c(-c2cccc3ccccc23)csc1NC(=O)CCCc1ccccc1. The molecule has 0 radical (unpaired) electrons. The van der Waals surface area contributed by atoms with E-state index in [1.807, 2.05) is 66.0 Å². The number of carbonyl (C=O) groups excluding carboxylic acids is 2. The summed E-state index contributed by atoms with van der Waals surface area (Å²) in [7, 11) is 0. The second-order valence-electron chi connectivity index (χ2n) is 7.49. The molecule has 1 N–H and O–H groups in total. The summed E-state index contributed by atoms with van der Waals surface area (Å²) in [5, 5.41) is 7.56. The largest absolute Gasteiger partial charge is 0.462 e. The molecule has 0 atom stereocenters. The van der Waals surface area contributed by atoms with Crippen LogP contribution < -0.4 is 5.32 Å². The van der Waals surface area contributed by atoms with E-state index in [2.05, 4.69) is 17.4 Å². The van der Waals surface area contributed by atoms with E-state index in [-0.39, 0.29) is 12.5 Å². The van der Waals surface area contributed by atoms with Gasteiger partial charge in [-0.2, -0.15) is 0 Å². The van der Waals surface area contributed by atoms with E-state index in [0.29, 0.717) is 17.0 Å². The van der Waals surface area contributed by atoms with Gasteiger partial charge < -0.3 is 10.1 Å². The highest BCUT2D eigenvalue weighted by Crippen LogP contribution is 2.39. The number of ether oxygens (including phenoxy) is 1. The Morgan fingerprint density at radius 1 is 0.906 bits per heavy atom. The highest BCUT2D eigenvalue weighted by atomic mass is 32.1. The second kappa shape index (κ2) is 10.2. The van der Waals surface area contributed by atoms with Crippen molar-refractivity contribution in [2.45, 2.75) is 26.2 Å². The third-order valence-electron chi connectivity index (χ3n) is 5.32. The summed E-state index contributed by atoms with van der Waals surface area (Å²) in [6.07, 6.45) is 1.97. The maximum atomic E-state index is 12.9. The number of carbonyl (C=O) groups is 2. The highest BCUT2D eigenvalue weighted by molar-refractivity contribution is 7.15. The lowest BCUT2D eigenvalue weighted by Gasteiger charge is -2.10. The molecular formula is C27H25NO3S. The molecule has 1 heterocycles. The Labute approximate surface area is 191 Å². The monoisotopic (exact) mass is 443 g/mol. The normalized spacial score (nSPS) is 10.8. The summed E-state index contributed by atoms with van der Waals surface area (Å²) in [5.74, 6) is -0.519. The van der Waals surface area contributed by atoms with Crippen molar-refractivity contribution in [2.75, 3.05) is 11.9 Å².